The second-order valence-electron chi connectivity index (χ2n) is 4.18. The van der Waals surface area contributed by atoms with E-state index in [1.807, 2.05) is 6.07 Å². The molecule has 0 saturated heterocycles. The van der Waals surface area contributed by atoms with Gasteiger partial charge >= 0.3 is 0 Å². The average Bonchev–Trinajstić information content (AvgIpc) is 2.67. The Bertz CT molecular complexity index is 448. The quantitative estimate of drug-likeness (QED) is 0.481. The summed E-state index contributed by atoms with van der Waals surface area (Å²) in [6.45, 7) is 0. The highest BCUT2D eigenvalue weighted by Gasteiger charge is 2.48. The van der Waals surface area contributed by atoms with Crippen molar-refractivity contribution in [2.24, 2.45) is 0 Å². The van der Waals surface area contributed by atoms with Crippen LogP contribution in [-0.2, 0) is 0 Å². The molecule has 5 heteroatoms. The van der Waals surface area contributed by atoms with E-state index in [0.29, 0.717) is 21.7 Å². The van der Waals surface area contributed by atoms with Crippen LogP contribution in [0.5, 0.6) is 5.75 Å². The summed E-state index contributed by atoms with van der Waals surface area (Å²) in [5, 5.41) is 0. The SMILES string of the molecule is Brc1cc(Br)c2c(c1)C1C(CC(Br)C1Br)O2. The van der Waals surface area contributed by atoms with Gasteiger partial charge in [0.2, 0.25) is 0 Å². The molecule has 1 nitrogen and oxygen atoms in total. The molecular weight excluding hydrogens is 468 g/mol. The van der Waals surface area contributed by atoms with Crippen LogP contribution in [-0.4, -0.2) is 15.8 Å². The number of rotatable bonds is 0. The van der Waals surface area contributed by atoms with Crippen LogP contribution in [0.1, 0.15) is 17.9 Å². The molecule has 0 spiro atoms. The molecule has 1 aromatic rings. The van der Waals surface area contributed by atoms with Gasteiger partial charge in [-0.25, -0.2) is 0 Å². The van der Waals surface area contributed by atoms with E-state index in [0.717, 1.165) is 21.1 Å². The fourth-order valence-electron chi connectivity index (χ4n) is 2.53. The fourth-order valence-corrected chi connectivity index (χ4v) is 5.42. The summed E-state index contributed by atoms with van der Waals surface area (Å²) in [5.41, 5.74) is 1.30. The van der Waals surface area contributed by atoms with Crippen molar-refractivity contribution in [2.75, 3.05) is 0 Å². The first-order valence-corrected chi connectivity index (χ1v) is 8.43. The number of fused-ring (bicyclic) bond motifs is 3. The van der Waals surface area contributed by atoms with E-state index in [1.165, 1.54) is 5.56 Å². The minimum absolute atomic E-state index is 0.300. The Balaban J connectivity index is 2.10. The van der Waals surface area contributed by atoms with E-state index in [4.69, 9.17) is 4.74 Å². The third-order valence-corrected chi connectivity index (χ3v) is 7.12. The van der Waals surface area contributed by atoms with E-state index < -0.39 is 0 Å². The van der Waals surface area contributed by atoms with Crippen LogP contribution in [0.15, 0.2) is 21.1 Å². The average molecular weight is 476 g/mol. The highest BCUT2D eigenvalue weighted by Crippen LogP contribution is 2.54. The smallest absolute Gasteiger partial charge is 0.137 e. The molecule has 1 aliphatic carbocycles. The molecule has 1 heterocycles. The van der Waals surface area contributed by atoms with Gasteiger partial charge in [0, 0.05) is 25.6 Å². The van der Waals surface area contributed by atoms with Gasteiger partial charge < -0.3 is 4.74 Å². The van der Waals surface area contributed by atoms with E-state index in [9.17, 15) is 0 Å². The third-order valence-electron chi connectivity index (χ3n) is 3.21. The lowest BCUT2D eigenvalue weighted by molar-refractivity contribution is 0.225. The molecule has 86 valence electrons. The summed E-state index contributed by atoms with van der Waals surface area (Å²) < 4.78 is 8.17. The number of ether oxygens (including phenoxy) is 1. The van der Waals surface area contributed by atoms with Crippen molar-refractivity contribution in [1.82, 2.24) is 0 Å². The fraction of sp³-hybridized carbons (Fsp3) is 0.455. The first kappa shape index (κ1) is 12.0. The molecular formula is C11H8Br4O. The number of hydrogen-bond acceptors (Lipinski definition) is 1. The minimum atomic E-state index is 0.300. The Morgan fingerprint density at radius 3 is 2.69 bits per heavy atom. The molecule has 1 aromatic carbocycles. The summed E-state index contributed by atoms with van der Waals surface area (Å²) >= 11 is 14.6. The summed E-state index contributed by atoms with van der Waals surface area (Å²) in [5.74, 6) is 1.47. The maximum atomic E-state index is 6.03. The van der Waals surface area contributed by atoms with Gasteiger partial charge in [-0.2, -0.15) is 0 Å². The third kappa shape index (κ3) is 1.73. The van der Waals surface area contributed by atoms with Crippen LogP contribution >= 0.6 is 63.7 Å². The molecule has 4 atom stereocenters. The van der Waals surface area contributed by atoms with Gasteiger partial charge in [-0.1, -0.05) is 47.8 Å². The molecule has 0 radical (unpaired) electrons. The lowest BCUT2D eigenvalue weighted by Gasteiger charge is -2.13. The second-order valence-corrected chi connectivity index (χ2v) is 8.19. The van der Waals surface area contributed by atoms with E-state index in [-0.39, 0.29) is 0 Å². The molecule has 0 aromatic heterocycles. The zero-order valence-electron chi connectivity index (χ0n) is 8.09. The summed E-state index contributed by atoms with van der Waals surface area (Å²) in [6.07, 6.45) is 1.36. The van der Waals surface area contributed by atoms with Crippen LogP contribution in [0.4, 0.5) is 0 Å². The number of benzene rings is 1. The molecule has 16 heavy (non-hydrogen) atoms. The standard InChI is InChI=1S/C11H8Br4O/c12-4-1-5-9-8(3-6(13)10(9)15)16-11(5)7(14)2-4/h1-2,6,8-10H,3H2. The number of hydrogen-bond donors (Lipinski definition) is 0. The molecule has 4 unspecified atom stereocenters. The van der Waals surface area contributed by atoms with Gasteiger partial charge in [-0.15, -0.1) is 0 Å². The van der Waals surface area contributed by atoms with Crippen molar-refractivity contribution >= 4 is 63.7 Å². The van der Waals surface area contributed by atoms with Gasteiger partial charge in [-0.05, 0) is 34.5 Å². The molecule has 1 fully saturated rings. The summed E-state index contributed by atoms with van der Waals surface area (Å²) in [4.78, 5) is 0.938. The lowest BCUT2D eigenvalue weighted by atomic mass is 9.98. The van der Waals surface area contributed by atoms with Gasteiger partial charge in [0.05, 0.1) is 4.47 Å². The van der Waals surface area contributed by atoms with E-state index in [2.05, 4.69) is 69.8 Å². The van der Waals surface area contributed by atoms with Gasteiger partial charge in [0.1, 0.15) is 11.9 Å². The maximum absolute atomic E-state index is 6.03. The topological polar surface area (TPSA) is 9.23 Å². The Morgan fingerprint density at radius 2 is 1.94 bits per heavy atom. The zero-order valence-corrected chi connectivity index (χ0v) is 14.4. The molecule has 0 amide bonds. The first-order chi connectivity index (χ1) is 7.58. The van der Waals surface area contributed by atoms with Crippen LogP contribution in [0.25, 0.3) is 0 Å². The summed E-state index contributed by atoms with van der Waals surface area (Å²) in [6, 6.07) is 4.21. The molecule has 1 aliphatic heterocycles. The minimum Gasteiger partial charge on any atom is -0.488 e. The van der Waals surface area contributed by atoms with Crippen molar-refractivity contribution in [3.63, 3.8) is 0 Å². The Labute approximate surface area is 128 Å². The van der Waals surface area contributed by atoms with Crippen LogP contribution in [0.2, 0.25) is 0 Å². The van der Waals surface area contributed by atoms with Crippen molar-refractivity contribution in [3.05, 3.63) is 26.6 Å². The summed E-state index contributed by atoms with van der Waals surface area (Å²) in [7, 11) is 0. The number of alkyl halides is 2. The van der Waals surface area contributed by atoms with Crippen molar-refractivity contribution in [3.8, 4) is 5.75 Å². The first-order valence-electron chi connectivity index (χ1n) is 5.01. The predicted octanol–water partition coefficient (Wildman–Crippen LogP) is 4.99. The number of halogens is 4. The molecule has 0 bridgehead atoms. The monoisotopic (exact) mass is 472 g/mol. The maximum Gasteiger partial charge on any atom is 0.137 e. The zero-order chi connectivity index (χ0) is 11.4. The van der Waals surface area contributed by atoms with Crippen molar-refractivity contribution in [2.45, 2.75) is 28.1 Å². The van der Waals surface area contributed by atoms with Gasteiger partial charge in [0.15, 0.2) is 0 Å². The largest absolute Gasteiger partial charge is 0.488 e. The molecule has 3 rings (SSSR count). The van der Waals surface area contributed by atoms with Crippen LogP contribution < -0.4 is 4.74 Å². The predicted molar refractivity (Wildman–Crippen MR) is 79.0 cm³/mol. The van der Waals surface area contributed by atoms with Gasteiger partial charge in [0.25, 0.3) is 0 Å². The van der Waals surface area contributed by atoms with Crippen molar-refractivity contribution in [1.29, 1.82) is 0 Å². The second kappa shape index (κ2) is 4.25. The van der Waals surface area contributed by atoms with E-state index in [1.54, 1.807) is 0 Å². The van der Waals surface area contributed by atoms with Gasteiger partial charge in [-0.3, -0.25) is 0 Å². The van der Waals surface area contributed by atoms with Crippen LogP contribution in [0.3, 0.4) is 0 Å². The highest BCUT2D eigenvalue weighted by molar-refractivity contribution is 9.12. The molecule has 1 saturated carbocycles. The van der Waals surface area contributed by atoms with Crippen molar-refractivity contribution < 1.29 is 4.74 Å². The lowest BCUT2D eigenvalue weighted by Crippen LogP contribution is -2.15. The van der Waals surface area contributed by atoms with Crippen LogP contribution in [0, 0.1) is 0 Å². The molecule has 2 aliphatic rings. The highest BCUT2D eigenvalue weighted by atomic mass is 79.9. The molecule has 0 N–H and O–H groups in total. The normalized spacial score (nSPS) is 35.8. The Morgan fingerprint density at radius 1 is 1.19 bits per heavy atom. The Hall–Kier alpha value is 0.940. The van der Waals surface area contributed by atoms with E-state index >= 15 is 0 Å². The Kier molecular flexibility index (Phi) is 3.19.